The maximum atomic E-state index is 3.87. The molecule has 1 radical (unpaired) electrons. The van der Waals surface area contributed by atoms with Crippen LogP contribution in [0.3, 0.4) is 0 Å². The minimum Gasteiger partial charge on any atom is -0.0625 e. The van der Waals surface area contributed by atoms with Crippen molar-refractivity contribution in [2.45, 2.75) is 66.2 Å². The van der Waals surface area contributed by atoms with Crippen LogP contribution in [0, 0.1) is 18.3 Å². The molecule has 0 heterocycles. The molecular formula is C13H27. The Morgan fingerprint density at radius 3 is 2.15 bits per heavy atom. The van der Waals surface area contributed by atoms with Gasteiger partial charge in [-0.05, 0) is 17.8 Å². The molecule has 0 rings (SSSR count). The zero-order valence-corrected chi connectivity index (χ0v) is 10.0. The largest absolute Gasteiger partial charge is 0.0625 e. The third-order valence-electron chi connectivity index (χ3n) is 2.58. The van der Waals surface area contributed by atoms with Gasteiger partial charge in [-0.25, -0.2) is 0 Å². The first-order chi connectivity index (χ1) is 5.95. The van der Waals surface area contributed by atoms with Gasteiger partial charge in [-0.15, -0.1) is 0 Å². The number of hydrogen-bond acceptors (Lipinski definition) is 0. The van der Waals surface area contributed by atoms with E-state index >= 15 is 0 Å². The van der Waals surface area contributed by atoms with Gasteiger partial charge in [0, 0.05) is 0 Å². The lowest BCUT2D eigenvalue weighted by Gasteiger charge is -2.20. The van der Waals surface area contributed by atoms with Crippen molar-refractivity contribution in [1.29, 1.82) is 0 Å². The van der Waals surface area contributed by atoms with Crippen molar-refractivity contribution in [1.82, 2.24) is 0 Å². The third-order valence-corrected chi connectivity index (χ3v) is 2.58. The van der Waals surface area contributed by atoms with Crippen LogP contribution in [0.5, 0.6) is 0 Å². The second-order valence-corrected chi connectivity index (χ2v) is 5.55. The van der Waals surface area contributed by atoms with Crippen LogP contribution in [0.4, 0.5) is 0 Å². The van der Waals surface area contributed by atoms with Crippen molar-refractivity contribution >= 4 is 0 Å². The third kappa shape index (κ3) is 9.92. The van der Waals surface area contributed by atoms with E-state index in [4.69, 9.17) is 0 Å². The van der Waals surface area contributed by atoms with Crippen LogP contribution in [-0.4, -0.2) is 0 Å². The van der Waals surface area contributed by atoms with Crippen molar-refractivity contribution in [3.63, 3.8) is 0 Å². The zero-order chi connectivity index (χ0) is 10.3. The maximum absolute atomic E-state index is 3.87. The number of rotatable bonds is 6. The van der Waals surface area contributed by atoms with E-state index in [1.165, 1.54) is 32.1 Å². The van der Waals surface area contributed by atoms with Gasteiger partial charge in [0.05, 0.1) is 0 Å². The summed E-state index contributed by atoms with van der Waals surface area (Å²) in [5, 5.41) is 0. The van der Waals surface area contributed by atoms with Gasteiger partial charge in [0.25, 0.3) is 0 Å². The van der Waals surface area contributed by atoms with E-state index < -0.39 is 0 Å². The molecule has 1 unspecified atom stereocenters. The molecule has 0 saturated heterocycles. The second kappa shape index (κ2) is 6.45. The molecule has 0 nitrogen and oxygen atoms in total. The fraction of sp³-hybridized carbons (Fsp3) is 0.923. The standard InChI is InChI=1S/C13H27/c1-6-7-8-9-12(2)10-11-13(3,4)5/h12H,1,6-11H2,2-5H3. The summed E-state index contributed by atoms with van der Waals surface area (Å²) in [5.74, 6) is 0.908. The van der Waals surface area contributed by atoms with Gasteiger partial charge in [-0.1, -0.05) is 66.7 Å². The summed E-state index contributed by atoms with van der Waals surface area (Å²) in [7, 11) is 0. The van der Waals surface area contributed by atoms with E-state index in [9.17, 15) is 0 Å². The lowest BCUT2D eigenvalue weighted by Crippen LogP contribution is -2.07. The summed E-state index contributed by atoms with van der Waals surface area (Å²) in [6, 6.07) is 0. The minimum atomic E-state index is 0.514. The van der Waals surface area contributed by atoms with Crippen LogP contribution in [0.1, 0.15) is 66.2 Å². The normalized spacial score (nSPS) is 14.5. The van der Waals surface area contributed by atoms with Crippen LogP contribution in [-0.2, 0) is 0 Å². The Labute approximate surface area is 85.1 Å². The Morgan fingerprint density at radius 1 is 1.08 bits per heavy atom. The van der Waals surface area contributed by atoms with Crippen molar-refractivity contribution in [2.75, 3.05) is 0 Å². The van der Waals surface area contributed by atoms with Crippen molar-refractivity contribution in [3.8, 4) is 0 Å². The first kappa shape index (κ1) is 13.0. The summed E-state index contributed by atoms with van der Waals surface area (Å²) in [6.07, 6.45) is 7.92. The monoisotopic (exact) mass is 183 g/mol. The molecular weight excluding hydrogens is 156 g/mol. The molecule has 0 amide bonds. The predicted octanol–water partition coefficient (Wildman–Crippen LogP) is 4.84. The highest BCUT2D eigenvalue weighted by atomic mass is 14.2. The molecule has 0 fully saturated rings. The number of unbranched alkanes of at least 4 members (excludes halogenated alkanes) is 2. The molecule has 1 atom stereocenters. The van der Waals surface area contributed by atoms with Crippen LogP contribution in [0.15, 0.2) is 0 Å². The fourth-order valence-electron chi connectivity index (χ4n) is 1.49. The second-order valence-electron chi connectivity index (χ2n) is 5.55. The number of hydrogen-bond donors (Lipinski definition) is 0. The van der Waals surface area contributed by atoms with Crippen molar-refractivity contribution in [3.05, 3.63) is 6.92 Å². The van der Waals surface area contributed by atoms with Gasteiger partial charge in [-0.2, -0.15) is 0 Å². The summed E-state index contributed by atoms with van der Waals surface area (Å²) in [4.78, 5) is 0. The van der Waals surface area contributed by atoms with Crippen molar-refractivity contribution < 1.29 is 0 Å². The Morgan fingerprint density at radius 2 is 1.69 bits per heavy atom. The van der Waals surface area contributed by atoms with Crippen LogP contribution >= 0.6 is 0 Å². The molecule has 0 aromatic rings. The molecule has 0 aromatic heterocycles. The average Bonchev–Trinajstić information content (AvgIpc) is 2.00. The molecule has 0 aliphatic heterocycles. The summed E-state index contributed by atoms with van der Waals surface area (Å²) < 4.78 is 0. The molecule has 0 saturated carbocycles. The highest BCUT2D eigenvalue weighted by Crippen LogP contribution is 2.25. The van der Waals surface area contributed by atoms with Crippen LogP contribution in [0.25, 0.3) is 0 Å². The molecule has 0 aromatic carbocycles. The highest BCUT2D eigenvalue weighted by molar-refractivity contribution is 4.64. The van der Waals surface area contributed by atoms with Gasteiger partial charge in [0.1, 0.15) is 0 Å². The van der Waals surface area contributed by atoms with Gasteiger partial charge in [0.2, 0.25) is 0 Å². The minimum absolute atomic E-state index is 0.514. The van der Waals surface area contributed by atoms with Gasteiger partial charge in [0.15, 0.2) is 0 Å². The Hall–Kier alpha value is 0. The van der Waals surface area contributed by atoms with E-state index in [1.807, 2.05) is 0 Å². The molecule has 13 heavy (non-hydrogen) atoms. The van der Waals surface area contributed by atoms with E-state index in [0.717, 1.165) is 12.3 Å². The Bertz CT molecular complexity index is 108. The Kier molecular flexibility index (Phi) is 6.45. The van der Waals surface area contributed by atoms with Gasteiger partial charge >= 0.3 is 0 Å². The smallest absolute Gasteiger partial charge is 0.0383 e. The summed E-state index contributed by atoms with van der Waals surface area (Å²) in [6.45, 7) is 13.2. The summed E-state index contributed by atoms with van der Waals surface area (Å²) >= 11 is 0. The summed E-state index contributed by atoms with van der Waals surface area (Å²) in [5.41, 5.74) is 0.514. The maximum Gasteiger partial charge on any atom is -0.0383 e. The molecule has 0 aliphatic carbocycles. The van der Waals surface area contributed by atoms with E-state index in [0.29, 0.717) is 5.41 Å². The van der Waals surface area contributed by atoms with E-state index in [2.05, 4.69) is 34.6 Å². The highest BCUT2D eigenvalue weighted by Gasteiger charge is 2.11. The lowest BCUT2D eigenvalue weighted by molar-refractivity contribution is 0.320. The van der Waals surface area contributed by atoms with Crippen LogP contribution < -0.4 is 0 Å². The topological polar surface area (TPSA) is 0 Å². The quantitative estimate of drug-likeness (QED) is 0.517. The first-order valence-electron chi connectivity index (χ1n) is 5.75. The lowest BCUT2D eigenvalue weighted by atomic mass is 9.86. The molecule has 0 spiro atoms. The van der Waals surface area contributed by atoms with E-state index in [-0.39, 0.29) is 0 Å². The fourth-order valence-corrected chi connectivity index (χ4v) is 1.49. The average molecular weight is 183 g/mol. The van der Waals surface area contributed by atoms with Crippen LogP contribution in [0.2, 0.25) is 0 Å². The molecule has 0 aliphatic rings. The zero-order valence-electron chi connectivity index (χ0n) is 10.0. The van der Waals surface area contributed by atoms with E-state index in [1.54, 1.807) is 0 Å². The molecule has 79 valence electrons. The van der Waals surface area contributed by atoms with Crippen molar-refractivity contribution in [2.24, 2.45) is 11.3 Å². The first-order valence-corrected chi connectivity index (χ1v) is 5.75. The molecule has 0 N–H and O–H groups in total. The van der Waals surface area contributed by atoms with Gasteiger partial charge < -0.3 is 0 Å². The molecule has 0 heteroatoms. The van der Waals surface area contributed by atoms with Gasteiger partial charge in [-0.3, -0.25) is 0 Å². The Balaban J connectivity index is 3.35. The molecule has 0 bridgehead atoms. The SMILES string of the molecule is [CH2]CCCCC(C)CCC(C)(C)C. The predicted molar refractivity (Wildman–Crippen MR) is 61.7 cm³/mol.